The van der Waals surface area contributed by atoms with Gasteiger partial charge in [0.25, 0.3) is 0 Å². The number of amides is 1. The molecule has 4 N–H and O–H groups in total. The first-order valence-corrected chi connectivity index (χ1v) is 4.16. The summed E-state index contributed by atoms with van der Waals surface area (Å²) in [6.45, 7) is 1.73. The van der Waals surface area contributed by atoms with E-state index in [0.717, 1.165) is 0 Å². The summed E-state index contributed by atoms with van der Waals surface area (Å²) in [4.78, 5) is 16.7. The standard InChI is InChI=1S/C7H14N6O/c1-4(5(14)13(2)3)9-7-10-6(8)11-12-7/h4H,1-3H3,(H4,8,9,10,11,12). The molecule has 0 aromatic carbocycles. The summed E-state index contributed by atoms with van der Waals surface area (Å²) < 4.78 is 0. The summed E-state index contributed by atoms with van der Waals surface area (Å²) in [5, 5.41) is 9.05. The number of nitrogens with one attached hydrogen (secondary N) is 2. The molecule has 0 radical (unpaired) electrons. The molecule has 1 aromatic heterocycles. The van der Waals surface area contributed by atoms with E-state index >= 15 is 0 Å². The van der Waals surface area contributed by atoms with Crippen LogP contribution in [-0.2, 0) is 4.79 Å². The number of hydrogen-bond acceptors (Lipinski definition) is 5. The maximum Gasteiger partial charge on any atom is 0.244 e. The lowest BCUT2D eigenvalue weighted by molar-refractivity contribution is -0.129. The Kier molecular flexibility index (Phi) is 2.90. The molecule has 0 fully saturated rings. The molecular weight excluding hydrogens is 184 g/mol. The third kappa shape index (κ3) is 2.35. The molecule has 1 amide bonds. The zero-order chi connectivity index (χ0) is 10.7. The molecule has 1 heterocycles. The summed E-state index contributed by atoms with van der Waals surface area (Å²) in [7, 11) is 3.37. The molecular formula is C7H14N6O. The molecule has 0 aliphatic rings. The highest BCUT2D eigenvalue weighted by molar-refractivity contribution is 5.83. The van der Waals surface area contributed by atoms with E-state index in [1.807, 2.05) is 0 Å². The quantitative estimate of drug-likeness (QED) is 0.595. The molecule has 0 bridgehead atoms. The average molecular weight is 198 g/mol. The van der Waals surface area contributed by atoms with Gasteiger partial charge in [0.1, 0.15) is 6.04 Å². The monoisotopic (exact) mass is 198 g/mol. The Hall–Kier alpha value is -1.79. The summed E-state index contributed by atoms with van der Waals surface area (Å²) in [6, 6.07) is -0.375. The normalized spacial score (nSPS) is 12.2. The summed E-state index contributed by atoms with van der Waals surface area (Å²) in [5.74, 6) is 0.496. The van der Waals surface area contributed by atoms with Crippen LogP contribution in [0.15, 0.2) is 0 Å². The minimum atomic E-state index is -0.375. The molecule has 1 atom stereocenters. The van der Waals surface area contributed by atoms with Crippen molar-refractivity contribution >= 4 is 17.8 Å². The van der Waals surface area contributed by atoms with Crippen molar-refractivity contribution in [2.24, 2.45) is 0 Å². The Morgan fingerprint density at radius 3 is 2.71 bits per heavy atom. The predicted octanol–water partition coefficient (Wildman–Crippen LogP) is -0.724. The van der Waals surface area contributed by atoms with Gasteiger partial charge in [-0.25, -0.2) is 5.10 Å². The van der Waals surface area contributed by atoms with Crippen molar-refractivity contribution < 1.29 is 4.79 Å². The number of hydrogen-bond donors (Lipinski definition) is 3. The molecule has 1 rings (SSSR count). The van der Waals surface area contributed by atoms with Gasteiger partial charge in [0.2, 0.25) is 17.8 Å². The van der Waals surface area contributed by atoms with Crippen molar-refractivity contribution in [3.8, 4) is 0 Å². The number of likely N-dealkylation sites (N-methyl/N-ethyl adjacent to an activating group) is 1. The lowest BCUT2D eigenvalue weighted by Gasteiger charge is -2.16. The van der Waals surface area contributed by atoms with Gasteiger partial charge in [-0.15, -0.1) is 5.10 Å². The second-order valence-electron chi connectivity index (χ2n) is 3.14. The average Bonchev–Trinajstić information content (AvgIpc) is 2.49. The minimum Gasteiger partial charge on any atom is -0.368 e. The third-order valence-corrected chi connectivity index (χ3v) is 1.66. The van der Waals surface area contributed by atoms with Gasteiger partial charge in [-0.2, -0.15) is 4.98 Å². The summed E-state index contributed by atoms with van der Waals surface area (Å²) in [6.07, 6.45) is 0. The van der Waals surface area contributed by atoms with Crippen molar-refractivity contribution in [3.63, 3.8) is 0 Å². The zero-order valence-corrected chi connectivity index (χ0v) is 8.40. The molecule has 0 saturated carbocycles. The van der Waals surface area contributed by atoms with Gasteiger partial charge >= 0.3 is 0 Å². The van der Waals surface area contributed by atoms with Crippen LogP contribution in [-0.4, -0.2) is 46.1 Å². The van der Waals surface area contributed by atoms with E-state index in [1.165, 1.54) is 4.90 Å². The minimum absolute atomic E-state index is 0.0478. The fourth-order valence-corrected chi connectivity index (χ4v) is 0.982. The number of nitrogen functional groups attached to an aromatic ring is 1. The molecule has 14 heavy (non-hydrogen) atoms. The first kappa shape index (κ1) is 10.3. The molecule has 0 aliphatic carbocycles. The van der Waals surface area contributed by atoms with Crippen LogP contribution in [0, 0.1) is 0 Å². The maximum absolute atomic E-state index is 11.4. The van der Waals surface area contributed by atoms with Crippen LogP contribution in [0.25, 0.3) is 0 Å². The van der Waals surface area contributed by atoms with Crippen LogP contribution in [0.4, 0.5) is 11.9 Å². The lowest BCUT2D eigenvalue weighted by atomic mass is 10.3. The van der Waals surface area contributed by atoms with Gasteiger partial charge in [0, 0.05) is 14.1 Å². The SMILES string of the molecule is CC(Nc1n[nH]c(N)n1)C(=O)N(C)C. The van der Waals surface area contributed by atoms with E-state index in [1.54, 1.807) is 21.0 Å². The number of nitrogens with zero attached hydrogens (tertiary/aromatic N) is 3. The number of aromatic amines is 1. The van der Waals surface area contributed by atoms with Crippen LogP contribution in [0.5, 0.6) is 0 Å². The van der Waals surface area contributed by atoms with Crippen LogP contribution in [0.1, 0.15) is 6.92 Å². The highest BCUT2D eigenvalue weighted by Crippen LogP contribution is 2.02. The fourth-order valence-electron chi connectivity index (χ4n) is 0.982. The Balaban J connectivity index is 2.57. The van der Waals surface area contributed by atoms with E-state index in [4.69, 9.17) is 5.73 Å². The number of rotatable bonds is 3. The Morgan fingerprint density at radius 1 is 1.64 bits per heavy atom. The summed E-state index contributed by atoms with van der Waals surface area (Å²) in [5.41, 5.74) is 5.33. The van der Waals surface area contributed by atoms with E-state index < -0.39 is 0 Å². The van der Waals surface area contributed by atoms with Crippen LogP contribution in [0.3, 0.4) is 0 Å². The first-order chi connectivity index (χ1) is 6.50. The van der Waals surface area contributed by atoms with Gasteiger partial charge in [0.05, 0.1) is 0 Å². The van der Waals surface area contributed by atoms with Crippen molar-refractivity contribution in [2.75, 3.05) is 25.1 Å². The summed E-state index contributed by atoms with van der Waals surface area (Å²) >= 11 is 0. The fraction of sp³-hybridized carbons (Fsp3) is 0.571. The molecule has 7 heteroatoms. The molecule has 0 spiro atoms. The number of aromatic nitrogens is 3. The molecule has 0 saturated heterocycles. The molecule has 0 aliphatic heterocycles. The molecule has 1 unspecified atom stereocenters. The van der Waals surface area contributed by atoms with E-state index in [0.29, 0.717) is 5.95 Å². The number of nitrogens with two attached hydrogens (primary N) is 1. The third-order valence-electron chi connectivity index (χ3n) is 1.66. The van der Waals surface area contributed by atoms with Crippen LogP contribution < -0.4 is 11.1 Å². The van der Waals surface area contributed by atoms with Gasteiger partial charge in [-0.05, 0) is 6.92 Å². The van der Waals surface area contributed by atoms with Crippen molar-refractivity contribution in [3.05, 3.63) is 0 Å². The van der Waals surface area contributed by atoms with Gasteiger partial charge < -0.3 is 16.0 Å². The van der Waals surface area contributed by atoms with Gasteiger partial charge in [-0.1, -0.05) is 0 Å². The predicted molar refractivity (Wildman–Crippen MR) is 52.6 cm³/mol. The van der Waals surface area contributed by atoms with Crippen LogP contribution >= 0.6 is 0 Å². The first-order valence-electron chi connectivity index (χ1n) is 4.16. The van der Waals surface area contributed by atoms with Crippen LogP contribution in [0.2, 0.25) is 0 Å². The van der Waals surface area contributed by atoms with E-state index in [2.05, 4.69) is 20.5 Å². The van der Waals surface area contributed by atoms with Crippen molar-refractivity contribution in [2.45, 2.75) is 13.0 Å². The number of anilines is 2. The zero-order valence-electron chi connectivity index (χ0n) is 8.40. The Bertz CT molecular complexity index is 320. The van der Waals surface area contributed by atoms with Gasteiger partial charge in [-0.3, -0.25) is 4.79 Å². The van der Waals surface area contributed by atoms with Gasteiger partial charge in [0.15, 0.2) is 0 Å². The second-order valence-corrected chi connectivity index (χ2v) is 3.14. The molecule has 7 nitrogen and oxygen atoms in total. The second kappa shape index (κ2) is 3.95. The number of carbonyl (C=O) groups is 1. The molecule has 1 aromatic rings. The highest BCUT2D eigenvalue weighted by atomic mass is 16.2. The highest BCUT2D eigenvalue weighted by Gasteiger charge is 2.15. The topological polar surface area (TPSA) is 99.9 Å². The smallest absolute Gasteiger partial charge is 0.244 e. The lowest BCUT2D eigenvalue weighted by Crippen LogP contribution is -2.36. The van der Waals surface area contributed by atoms with Crippen molar-refractivity contribution in [1.29, 1.82) is 0 Å². The maximum atomic E-state index is 11.4. The number of H-pyrrole nitrogens is 1. The van der Waals surface area contributed by atoms with Crippen molar-refractivity contribution in [1.82, 2.24) is 20.1 Å². The van der Waals surface area contributed by atoms with E-state index in [-0.39, 0.29) is 17.9 Å². The molecule has 78 valence electrons. The Morgan fingerprint density at radius 2 is 2.29 bits per heavy atom. The van der Waals surface area contributed by atoms with E-state index in [9.17, 15) is 4.79 Å². The number of carbonyl (C=O) groups excluding carboxylic acids is 1. The largest absolute Gasteiger partial charge is 0.368 e. The Labute approximate surface area is 81.7 Å².